The molecule has 5 N–H and O–H groups in total. The molecular weight excluding hydrogens is 932 g/mol. The minimum atomic E-state index is -1.78. The van der Waals surface area contributed by atoms with Gasteiger partial charge in [-0.15, -0.1) is 11.3 Å². The van der Waals surface area contributed by atoms with Gasteiger partial charge in [0.15, 0.2) is 11.3 Å². The highest BCUT2D eigenvalue weighted by atomic mass is 32.1. The lowest BCUT2D eigenvalue weighted by Crippen LogP contribution is -2.66. The maximum atomic E-state index is 16.2. The van der Waals surface area contributed by atoms with E-state index < -0.39 is 64.0 Å². The number of carbonyl (C=O) groups excluding carboxylic acids is 3. The van der Waals surface area contributed by atoms with E-state index in [2.05, 4.69) is 30.9 Å². The number of benzene rings is 3. The maximum Gasteiger partial charge on any atom is 0.248 e. The summed E-state index contributed by atoms with van der Waals surface area (Å²) in [5, 5.41) is 20.2. The number of nitrogens with zero attached hydrogens (tertiary/aromatic N) is 3. The molecule has 2 unspecified atom stereocenters. The smallest absolute Gasteiger partial charge is 0.248 e. The van der Waals surface area contributed by atoms with Crippen LogP contribution in [0.25, 0.3) is 21.3 Å². The number of hydrogen-bond donors (Lipinski definition) is 5. The number of ketones is 1. The molecule has 3 aromatic carbocycles. The van der Waals surface area contributed by atoms with Crippen LogP contribution < -0.4 is 20.7 Å². The Labute approximate surface area is 416 Å². The molecule has 0 bridgehead atoms. The van der Waals surface area contributed by atoms with Crippen molar-refractivity contribution in [2.75, 3.05) is 26.3 Å². The number of aromatic amines is 1. The lowest BCUT2D eigenvalue weighted by atomic mass is 9.76. The molecule has 0 saturated carbocycles. The predicted octanol–water partition coefficient (Wildman–Crippen LogP) is 8.00. The largest absolute Gasteiger partial charge is 0.487 e. The SMILES string of the molecule is Cc1ncsc1-c1ccc(CNC(=O)[C@@]2(C(=O)C(NC(=O)COCCc3ccc(COc4cc(F)c([C@@H]5c6[nH]c7ccccc7c6C[C@@H](C)N5CC(C)(C)F)c(F)c4)nc3)C(C)(C)C)CC(O)CN2)cc1. The highest BCUT2D eigenvalue weighted by Gasteiger charge is 2.55. The topological polar surface area (TPSA) is 171 Å². The highest BCUT2D eigenvalue weighted by Crippen LogP contribution is 2.44. The van der Waals surface area contributed by atoms with Crippen molar-refractivity contribution >= 4 is 39.8 Å². The van der Waals surface area contributed by atoms with Crippen LogP contribution >= 0.6 is 11.3 Å². The minimum Gasteiger partial charge on any atom is -0.487 e. The number of aliphatic hydroxyl groups is 1. The zero-order chi connectivity index (χ0) is 50.8. The number of amides is 2. The van der Waals surface area contributed by atoms with Crippen molar-refractivity contribution in [1.82, 2.24) is 35.8 Å². The first-order valence-corrected chi connectivity index (χ1v) is 24.8. The Balaban J connectivity index is 0.840. The molecule has 17 heteroatoms. The number of aromatic nitrogens is 3. The Morgan fingerprint density at radius 1 is 1.00 bits per heavy atom. The van der Waals surface area contributed by atoms with Gasteiger partial charge in [-0.1, -0.05) is 69.3 Å². The van der Waals surface area contributed by atoms with Gasteiger partial charge in [-0.3, -0.25) is 29.6 Å². The van der Waals surface area contributed by atoms with Crippen LogP contribution in [0.2, 0.25) is 0 Å². The van der Waals surface area contributed by atoms with Crippen molar-refractivity contribution in [3.8, 4) is 16.2 Å². The fourth-order valence-electron chi connectivity index (χ4n) is 9.68. The lowest BCUT2D eigenvalue weighted by Gasteiger charge is -2.43. The van der Waals surface area contributed by atoms with Gasteiger partial charge in [0.2, 0.25) is 11.8 Å². The highest BCUT2D eigenvalue weighted by molar-refractivity contribution is 7.13. The summed E-state index contributed by atoms with van der Waals surface area (Å²) in [6.07, 6.45) is 1.51. The van der Waals surface area contributed by atoms with Gasteiger partial charge in [-0.25, -0.2) is 18.2 Å². The van der Waals surface area contributed by atoms with Gasteiger partial charge >= 0.3 is 0 Å². The van der Waals surface area contributed by atoms with Crippen molar-refractivity contribution in [3.05, 3.63) is 135 Å². The molecule has 13 nitrogen and oxygen atoms in total. The quantitative estimate of drug-likeness (QED) is 0.0420. The lowest BCUT2D eigenvalue weighted by molar-refractivity contribution is -0.142. The molecule has 0 spiro atoms. The monoisotopic (exact) mass is 993 g/mol. The summed E-state index contributed by atoms with van der Waals surface area (Å²) in [7, 11) is 0. The number of rotatable bonds is 18. The molecule has 8 rings (SSSR count). The molecule has 2 aliphatic rings. The minimum absolute atomic E-state index is 0.0226. The van der Waals surface area contributed by atoms with Crippen LogP contribution in [0.1, 0.15) is 93.3 Å². The molecule has 0 radical (unpaired) electrons. The van der Waals surface area contributed by atoms with Gasteiger partial charge in [0.05, 0.1) is 46.6 Å². The first-order valence-electron chi connectivity index (χ1n) is 23.9. The number of fused-ring (bicyclic) bond motifs is 3. The van der Waals surface area contributed by atoms with Gasteiger partial charge < -0.3 is 30.2 Å². The van der Waals surface area contributed by atoms with E-state index in [-0.39, 0.29) is 63.2 Å². The second-order valence-electron chi connectivity index (χ2n) is 20.5. The third kappa shape index (κ3) is 11.5. The van der Waals surface area contributed by atoms with Crippen molar-refractivity contribution in [3.63, 3.8) is 0 Å². The Morgan fingerprint density at radius 2 is 1.72 bits per heavy atom. The zero-order valence-corrected chi connectivity index (χ0v) is 41.9. The summed E-state index contributed by atoms with van der Waals surface area (Å²) < 4.78 is 59.1. The predicted molar refractivity (Wildman–Crippen MR) is 267 cm³/mol. The first-order chi connectivity index (χ1) is 33.7. The number of para-hydroxylation sites is 1. The number of Topliss-reactive ketones (excluding diaryl/α,β-unsaturated/α-hetero) is 1. The second-order valence-corrected chi connectivity index (χ2v) is 21.3. The van der Waals surface area contributed by atoms with Gasteiger partial charge in [0, 0.05) is 72.6 Å². The van der Waals surface area contributed by atoms with E-state index in [1.54, 1.807) is 49.9 Å². The summed E-state index contributed by atoms with van der Waals surface area (Å²) >= 11 is 1.55. The van der Waals surface area contributed by atoms with Crippen LogP contribution in [-0.4, -0.2) is 98.3 Å². The summed E-state index contributed by atoms with van der Waals surface area (Å²) in [5.74, 6) is -3.34. The number of carbonyl (C=O) groups is 3. The molecule has 3 aromatic heterocycles. The number of halogens is 3. The third-order valence-electron chi connectivity index (χ3n) is 13.3. The molecule has 1 fully saturated rings. The van der Waals surface area contributed by atoms with Crippen LogP contribution in [-0.2, 0) is 45.1 Å². The van der Waals surface area contributed by atoms with E-state index in [4.69, 9.17) is 9.47 Å². The van der Waals surface area contributed by atoms with Crippen LogP contribution in [0.4, 0.5) is 13.2 Å². The number of aliphatic hydroxyl groups excluding tert-OH is 1. The summed E-state index contributed by atoms with van der Waals surface area (Å²) in [6, 6.07) is 19.1. The molecule has 2 amide bonds. The number of pyridine rings is 1. The standard InChI is InChI=1S/C54H62F3N7O6S/c1-31-20-40-39-10-8-9-11-43(39)62-46(40)47(64(31)29-53(6,7)57)45-41(55)21-38(22-42(45)56)70-27-36-17-14-34(24-58-36)18-19-69-28-44(66)63-49(52(3,4)5)50(67)54(23-37(65)26-61-54)51(68)59-25-33-12-15-35(16-13-33)48-32(2)60-30-71-48/h8-17,21-22,24,30-31,37,47,49,61-62,65H,18-20,23,25-29H2,1-7H3,(H,59,68)(H,63,66)/t31-,37?,47-,49?,54+/m1/s1. The number of aryl methyl sites for hydroxylation is 1. The van der Waals surface area contributed by atoms with Crippen LogP contribution in [0.15, 0.2) is 84.5 Å². The van der Waals surface area contributed by atoms with E-state index in [9.17, 15) is 19.5 Å². The summed E-state index contributed by atoms with van der Waals surface area (Å²) in [6.45, 7) is 12.1. The first kappa shape index (κ1) is 51.4. The number of alkyl halides is 1. The van der Waals surface area contributed by atoms with E-state index in [0.29, 0.717) is 24.2 Å². The molecule has 2 aliphatic heterocycles. The van der Waals surface area contributed by atoms with E-state index in [1.165, 1.54) is 13.8 Å². The van der Waals surface area contributed by atoms with Crippen LogP contribution in [0, 0.1) is 24.0 Å². The summed E-state index contributed by atoms with van der Waals surface area (Å²) in [4.78, 5) is 56.6. The van der Waals surface area contributed by atoms with Gasteiger partial charge in [0.1, 0.15) is 36.3 Å². The number of thiazole rings is 1. The maximum absolute atomic E-state index is 16.2. The van der Waals surface area contributed by atoms with Gasteiger partial charge in [-0.05, 0) is 80.3 Å². The normalized spacial score (nSPS) is 19.9. The fraction of sp³-hybridized carbons (Fsp3) is 0.426. The second kappa shape index (κ2) is 21.0. The van der Waals surface area contributed by atoms with E-state index in [1.807, 2.05) is 73.3 Å². The molecule has 6 aromatic rings. The summed E-state index contributed by atoms with van der Waals surface area (Å²) in [5.41, 5.74) is 3.92. The molecule has 376 valence electrons. The number of nitrogens with one attached hydrogen (secondary N) is 4. The van der Waals surface area contributed by atoms with E-state index in [0.717, 1.165) is 55.9 Å². The van der Waals surface area contributed by atoms with Crippen molar-refractivity contribution in [2.24, 2.45) is 5.41 Å². The average Bonchev–Trinajstić information content (AvgIpc) is 4.05. The molecule has 0 aliphatic carbocycles. The molecule has 71 heavy (non-hydrogen) atoms. The van der Waals surface area contributed by atoms with E-state index >= 15 is 13.2 Å². The van der Waals surface area contributed by atoms with Crippen molar-refractivity contribution in [2.45, 2.75) is 116 Å². The molecule has 5 atom stereocenters. The van der Waals surface area contributed by atoms with Gasteiger partial charge in [0.25, 0.3) is 0 Å². The Morgan fingerprint density at radius 3 is 2.35 bits per heavy atom. The average molecular weight is 994 g/mol. The molecule has 1 saturated heterocycles. The zero-order valence-electron chi connectivity index (χ0n) is 41.1. The Hall–Kier alpha value is -5.98. The Bertz CT molecular complexity index is 2850. The number of hydrogen-bond acceptors (Lipinski definition) is 11. The number of H-pyrrole nitrogens is 1. The third-order valence-corrected chi connectivity index (χ3v) is 14.3. The molecular formula is C54H62F3N7O6S. The van der Waals surface area contributed by atoms with Crippen LogP contribution in [0.5, 0.6) is 5.75 Å². The number of ether oxygens (including phenoxy) is 2. The molecule has 5 heterocycles. The van der Waals surface area contributed by atoms with Crippen molar-refractivity contribution in [1.29, 1.82) is 0 Å². The Kier molecular flexibility index (Phi) is 15.2. The van der Waals surface area contributed by atoms with Crippen LogP contribution in [0.3, 0.4) is 0 Å². The van der Waals surface area contributed by atoms with Gasteiger partial charge in [-0.2, -0.15) is 0 Å². The number of β-amino-alcohol motifs (C(OH)–C–C–N with tert-alkyl or cyclic N) is 1. The van der Waals surface area contributed by atoms with Crippen molar-refractivity contribution < 1.29 is 42.1 Å². The fourth-order valence-corrected chi connectivity index (χ4v) is 10.5.